The van der Waals surface area contributed by atoms with Crippen LogP contribution in [0.5, 0.6) is 5.75 Å². The first-order valence-corrected chi connectivity index (χ1v) is 7.71. The maximum Gasteiger partial charge on any atom is 0.265 e. The van der Waals surface area contributed by atoms with Crippen LogP contribution in [0.25, 0.3) is 0 Å². The van der Waals surface area contributed by atoms with E-state index < -0.39 is 6.10 Å². The maximum atomic E-state index is 12.2. The number of ether oxygens (including phenoxy) is 1. The Morgan fingerprint density at radius 2 is 1.86 bits per heavy atom. The zero-order chi connectivity index (χ0) is 15.2. The molecule has 0 saturated carbocycles. The molecule has 0 aliphatic carbocycles. The number of rotatable bonds is 5. The van der Waals surface area contributed by atoms with Crippen molar-refractivity contribution in [3.05, 3.63) is 58.6 Å². The monoisotopic (exact) mass is 347 g/mol. The van der Waals surface area contributed by atoms with Crippen LogP contribution in [-0.2, 0) is 11.2 Å². The average Bonchev–Trinajstić information content (AvgIpc) is 2.50. The number of amides is 1. The van der Waals surface area contributed by atoms with Gasteiger partial charge in [0.25, 0.3) is 5.91 Å². The lowest BCUT2D eigenvalue weighted by Gasteiger charge is -2.17. The molecule has 1 atom stereocenters. The van der Waals surface area contributed by atoms with Crippen LogP contribution in [-0.4, -0.2) is 12.0 Å². The number of anilines is 1. The number of para-hydroxylation sites is 2. The first-order chi connectivity index (χ1) is 10.1. The number of hydrogen-bond acceptors (Lipinski definition) is 2. The second-order valence-electron chi connectivity index (χ2n) is 4.69. The molecule has 4 heteroatoms. The standard InChI is InChI=1S/C17H18BrNO2/c1-3-13-8-4-7-11-16(13)21-12(2)17(20)19-15-10-6-5-9-14(15)18/h4-12H,3H2,1-2H3,(H,19,20). The van der Waals surface area contributed by atoms with Gasteiger partial charge in [0.1, 0.15) is 5.75 Å². The number of halogens is 1. The van der Waals surface area contributed by atoms with Gasteiger partial charge in [0.2, 0.25) is 0 Å². The number of carbonyl (C=O) groups excluding carboxylic acids is 1. The van der Waals surface area contributed by atoms with Crippen molar-refractivity contribution in [2.24, 2.45) is 0 Å². The molecule has 2 rings (SSSR count). The Morgan fingerprint density at radius 1 is 1.19 bits per heavy atom. The van der Waals surface area contributed by atoms with Crippen molar-refractivity contribution in [2.45, 2.75) is 26.4 Å². The van der Waals surface area contributed by atoms with E-state index in [1.807, 2.05) is 48.5 Å². The van der Waals surface area contributed by atoms with Gasteiger partial charge in [-0.1, -0.05) is 37.3 Å². The summed E-state index contributed by atoms with van der Waals surface area (Å²) in [6.45, 7) is 3.81. The smallest absolute Gasteiger partial charge is 0.265 e. The van der Waals surface area contributed by atoms with Gasteiger partial charge in [-0.15, -0.1) is 0 Å². The van der Waals surface area contributed by atoms with Crippen molar-refractivity contribution in [2.75, 3.05) is 5.32 Å². The summed E-state index contributed by atoms with van der Waals surface area (Å²) >= 11 is 3.41. The topological polar surface area (TPSA) is 38.3 Å². The zero-order valence-corrected chi connectivity index (χ0v) is 13.7. The van der Waals surface area contributed by atoms with Gasteiger partial charge in [0.05, 0.1) is 5.69 Å². The minimum absolute atomic E-state index is 0.173. The highest BCUT2D eigenvalue weighted by Gasteiger charge is 2.16. The molecule has 0 aromatic heterocycles. The average molecular weight is 348 g/mol. The molecule has 1 N–H and O–H groups in total. The van der Waals surface area contributed by atoms with Gasteiger partial charge in [-0.2, -0.15) is 0 Å². The Morgan fingerprint density at radius 3 is 2.57 bits per heavy atom. The molecule has 0 heterocycles. The van der Waals surface area contributed by atoms with Crippen molar-refractivity contribution >= 4 is 27.5 Å². The minimum atomic E-state index is -0.565. The summed E-state index contributed by atoms with van der Waals surface area (Å²) in [5.74, 6) is 0.586. The molecule has 3 nitrogen and oxygen atoms in total. The van der Waals surface area contributed by atoms with Gasteiger partial charge >= 0.3 is 0 Å². The van der Waals surface area contributed by atoms with Crippen LogP contribution in [0.2, 0.25) is 0 Å². The van der Waals surface area contributed by atoms with Crippen LogP contribution < -0.4 is 10.1 Å². The summed E-state index contributed by atoms with van der Waals surface area (Å²) in [5.41, 5.74) is 1.83. The van der Waals surface area contributed by atoms with E-state index >= 15 is 0 Å². The number of aryl methyl sites for hydroxylation is 1. The van der Waals surface area contributed by atoms with E-state index in [1.165, 1.54) is 0 Å². The molecular formula is C17H18BrNO2. The van der Waals surface area contributed by atoms with Crippen LogP contribution in [0.1, 0.15) is 19.4 Å². The number of benzene rings is 2. The Bertz CT molecular complexity index is 628. The fraction of sp³-hybridized carbons (Fsp3) is 0.235. The van der Waals surface area contributed by atoms with Gasteiger partial charge in [0.15, 0.2) is 6.10 Å². The third kappa shape index (κ3) is 4.08. The molecular weight excluding hydrogens is 330 g/mol. The highest BCUT2D eigenvalue weighted by molar-refractivity contribution is 9.10. The van der Waals surface area contributed by atoms with Gasteiger partial charge < -0.3 is 10.1 Å². The SMILES string of the molecule is CCc1ccccc1OC(C)C(=O)Nc1ccccc1Br. The fourth-order valence-electron chi connectivity index (χ4n) is 1.95. The predicted molar refractivity (Wildman–Crippen MR) is 88.7 cm³/mol. The van der Waals surface area contributed by atoms with E-state index in [2.05, 4.69) is 28.2 Å². The Hall–Kier alpha value is -1.81. The normalized spacial score (nSPS) is 11.8. The number of nitrogens with one attached hydrogen (secondary N) is 1. The summed E-state index contributed by atoms with van der Waals surface area (Å²) in [4.78, 5) is 12.2. The molecule has 1 amide bonds. The summed E-state index contributed by atoms with van der Waals surface area (Å²) < 4.78 is 6.63. The molecule has 0 fully saturated rings. The van der Waals surface area contributed by atoms with Gasteiger partial charge in [-0.25, -0.2) is 0 Å². The zero-order valence-electron chi connectivity index (χ0n) is 12.1. The number of carbonyl (C=O) groups is 1. The largest absolute Gasteiger partial charge is 0.481 e. The third-order valence-corrected chi connectivity index (χ3v) is 3.85. The molecule has 0 saturated heterocycles. The van der Waals surface area contributed by atoms with Gasteiger partial charge in [-0.05, 0) is 53.0 Å². The molecule has 1 unspecified atom stereocenters. The summed E-state index contributed by atoms with van der Waals surface area (Å²) in [6.07, 6.45) is 0.305. The molecule has 110 valence electrons. The van der Waals surface area contributed by atoms with E-state index in [-0.39, 0.29) is 5.91 Å². The third-order valence-electron chi connectivity index (χ3n) is 3.16. The highest BCUT2D eigenvalue weighted by atomic mass is 79.9. The van der Waals surface area contributed by atoms with Crippen molar-refractivity contribution in [1.29, 1.82) is 0 Å². The first-order valence-electron chi connectivity index (χ1n) is 6.91. The van der Waals surface area contributed by atoms with Crippen molar-refractivity contribution in [1.82, 2.24) is 0 Å². The number of hydrogen-bond donors (Lipinski definition) is 1. The maximum absolute atomic E-state index is 12.2. The predicted octanol–water partition coefficient (Wildman–Crippen LogP) is 4.42. The van der Waals surface area contributed by atoms with Crippen molar-refractivity contribution < 1.29 is 9.53 Å². The molecule has 2 aromatic rings. The van der Waals surface area contributed by atoms with Gasteiger partial charge in [0, 0.05) is 4.47 Å². The lowest BCUT2D eigenvalue weighted by atomic mass is 10.1. The van der Waals surface area contributed by atoms with E-state index in [0.29, 0.717) is 0 Å². The van der Waals surface area contributed by atoms with Crippen LogP contribution in [0, 0.1) is 0 Å². The lowest BCUT2D eigenvalue weighted by molar-refractivity contribution is -0.122. The quantitative estimate of drug-likeness (QED) is 0.869. The second-order valence-corrected chi connectivity index (χ2v) is 5.54. The fourth-order valence-corrected chi connectivity index (χ4v) is 2.34. The van der Waals surface area contributed by atoms with E-state index in [4.69, 9.17) is 4.74 Å². The minimum Gasteiger partial charge on any atom is -0.481 e. The summed E-state index contributed by atoms with van der Waals surface area (Å²) in [6, 6.07) is 15.3. The van der Waals surface area contributed by atoms with E-state index in [0.717, 1.165) is 27.9 Å². The summed E-state index contributed by atoms with van der Waals surface area (Å²) in [7, 11) is 0. The second kappa shape index (κ2) is 7.27. The van der Waals surface area contributed by atoms with Crippen molar-refractivity contribution in [3.8, 4) is 5.75 Å². The lowest BCUT2D eigenvalue weighted by Crippen LogP contribution is -2.30. The van der Waals surface area contributed by atoms with E-state index in [9.17, 15) is 4.79 Å². The molecule has 0 bridgehead atoms. The molecule has 0 spiro atoms. The first kappa shape index (κ1) is 15.6. The van der Waals surface area contributed by atoms with Crippen LogP contribution in [0.3, 0.4) is 0 Å². The van der Waals surface area contributed by atoms with Crippen LogP contribution in [0.15, 0.2) is 53.0 Å². The van der Waals surface area contributed by atoms with Crippen molar-refractivity contribution in [3.63, 3.8) is 0 Å². The molecule has 0 radical (unpaired) electrons. The molecule has 0 aliphatic rings. The van der Waals surface area contributed by atoms with Gasteiger partial charge in [-0.3, -0.25) is 4.79 Å². The molecule has 0 aliphatic heterocycles. The van der Waals surface area contributed by atoms with E-state index in [1.54, 1.807) is 6.92 Å². The van der Waals surface area contributed by atoms with Crippen LogP contribution >= 0.6 is 15.9 Å². The molecule has 2 aromatic carbocycles. The molecule has 21 heavy (non-hydrogen) atoms. The highest BCUT2D eigenvalue weighted by Crippen LogP contribution is 2.23. The Kier molecular flexibility index (Phi) is 5.39. The summed E-state index contributed by atoms with van der Waals surface area (Å²) in [5, 5.41) is 2.86. The Labute approximate surface area is 133 Å². The Balaban J connectivity index is 2.05. The van der Waals surface area contributed by atoms with Crippen LogP contribution in [0.4, 0.5) is 5.69 Å².